The molecule has 0 bridgehead atoms. The summed E-state index contributed by atoms with van der Waals surface area (Å²) in [6, 6.07) is 6.14. The minimum Gasteiger partial charge on any atom is -0.378 e. The lowest BCUT2D eigenvalue weighted by Crippen LogP contribution is -2.14. The standard InChI is InChI=1S/C17H16N2OS2/c1-17(2,20)7-5-14-3-4-15(22-14)16-18-8-9-19(16)11-13-6-10-21-12-13/h3-4,6,8-10,12,20H,11H2,1-2H3. The van der Waals surface area contributed by atoms with Crippen molar-refractivity contribution >= 4 is 22.7 Å². The van der Waals surface area contributed by atoms with E-state index in [1.54, 1.807) is 36.5 Å². The molecule has 0 atom stereocenters. The maximum absolute atomic E-state index is 9.67. The second-order valence-electron chi connectivity index (χ2n) is 5.48. The van der Waals surface area contributed by atoms with Crippen LogP contribution in [0.3, 0.4) is 0 Å². The highest BCUT2D eigenvalue weighted by molar-refractivity contribution is 7.15. The molecule has 1 N–H and O–H groups in total. The highest BCUT2D eigenvalue weighted by Crippen LogP contribution is 2.27. The molecule has 0 saturated heterocycles. The van der Waals surface area contributed by atoms with Crippen LogP contribution < -0.4 is 0 Å². The van der Waals surface area contributed by atoms with E-state index in [4.69, 9.17) is 0 Å². The molecular formula is C17H16N2OS2. The van der Waals surface area contributed by atoms with Gasteiger partial charge in [-0.1, -0.05) is 11.8 Å². The molecule has 0 aliphatic heterocycles. The van der Waals surface area contributed by atoms with Gasteiger partial charge in [-0.2, -0.15) is 11.3 Å². The predicted octanol–water partition coefficient (Wildman–Crippen LogP) is 3.84. The number of rotatable bonds is 3. The van der Waals surface area contributed by atoms with Crippen molar-refractivity contribution < 1.29 is 5.11 Å². The van der Waals surface area contributed by atoms with E-state index in [-0.39, 0.29) is 0 Å². The fraction of sp³-hybridized carbons (Fsp3) is 0.235. The number of aromatic nitrogens is 2. The van der Waals surface area contributed by atoms with Gasteiger partial charge in [0, 0.05) is 18.9 Å². The summed E-state index contributed by atoms with van der Waals surface area (Å²) >= 11 is 3.30. The van der Waals surface area contributed by atoms with Crippen LogP contribution in [0.2, 0.25) is 0 Å². The van der Waals surface area contributed by atoms with Crippen molar-refractivity contribution in [1.82, 2.24) is 9.55 Å². The van der Waals surface area contributed by atoms with E-state index >= 15 is 0 Å². The van der Waals surface area contributed by atoms with Gasteiger partial charge in [-0.15, -0.1) is 11.3 Å². The zero-order valence-corrected chi connectivity index (χ0v) is 14.0. The molecule has 0 unspecified atom stereocenters. The number of hydrogen-bond donors (Lipinski definition) is 1. The minimum atomic E-state index is -0.971. The number of aliphatic hydroxyl groups is 1. The van der Waals surface area contributed by atoms with Crippen LogP contribution in [-0.4, -0.2) is 20.3 Å². The summed E-state index contributed by atoms with van der Waals surface area (Å²) in [5.74, 6) is 6.80. The zero-order valence-electron chi connectivity index (χ0n) is 12.4. The van der Waals surface area contributed by atoms with Gasteiger partial charge < -0.3 is 9.67 Å². The van der Waals surface area contributed by atoms with Gasteiger partial charge in [-0.05, 0) is 48.4 Å². The third-order valence-corrected chi connectivity index (χ3v) is 4.70. The highest BCUT2D eigenvalue weighted by Gasteiger charge is 2.10. The molecule has 0 aliphatic rings. The number of imidazole rings is 1. The Morgan fingerprint density at radius 3 is 2.91 bits per heavy atom. The number of hydrogen-bond acceptors (Lipinski definition) is 4. The van der Waals surface area contributed by atoms with Crippen LogP contribution >= 0.6 is 22.7 Å². The molecule has 0 spiro atoms. The smallest absolute Gasteiger partial charge is 0.150 e. The van der Waals surface area contributed by atoms with Gasteiger partial charge in [-0.3, -0.25) is 0 Å². The Bertz CT molecular complexity index is 811. The molecule has 112 valence electrons. The first-order valence-corrected chi connectivity index (χ1v) is 8.65. The average molecular weight is 328 g/mol. The molecule has 5 heteroatoms. The first kappa shape index (κ1) is 15.0. The monoisotopic (exact) mass is 328 g/mol. The average Bonchev–Trinajstić information content (AvgIpc) is 3.17. The van der Waals surface area contributed by atoms with E-state index in [0.717, 1.165) is 22.1 Å². The van der Waals surface area contributed by atoms with E-state index in [9.17, 15) is 5.11 Å². The van der Waals surface area contributed by atoms with Crippen molar-refractivity contribution in [2.45, 2.75) is 26.0 Å². The first-order valence-electron chi connectivity index (χ1n) is 6.89. The summed E-state index contributed by atoms with van der Waals surface area (Å²) < 4.78 is 2.14. The lowest BCUT2D eigenvalue weighted by Gasteiger charge is -2.05. The Kier molecular flexibility index (Phi) is 4.16. The first-order chi connectivity index (χ1) is 10.5. The van der Waals surface area contributed by atoms with Crippen LogP contribution in [0.5, 0.6) is 0 Å². The molecule has 0 amide bonds. The second kappa shape index (κ2) is 6.09. The molecule has 3 heterocycles. The summed E-state index contributed by atoms with van der Waals surface area (Å²) in [4.78, 5) is 6.48. The van der Waals surface area contributed by atoms with Crippen molar-refractivity contribution in [1.29, 1.82) is 0 Å². The summed E-state index contributed by atoms with van der Waals surface area (Å²) in [5, 5.41) is 13.9. The second-order valence-corrected chi connectivity index (χ2v) is 7.35. The molecule has 0 fully saturated rings. The van der Waals surface area contributed by atoms with Crippen LogP contribution in [0.25, 0.3) is 10.7 Å². The zero-order chi connectivity index (χ0) is 15.6. The normalized spacial score (nSPS) is 11.2. The van der Waals surface area contributed by atoms with E-state index in [2.05, 4.69) is 38.2 Å². The minimum absolute atomic E-state index is 0.821. The Labute approximate surface area is 137 Å². The van der Waals surface area contributed by atoms with E-state index in [0.29, 0.717) is 0 Å². The van der Waals surface area contributed by atoms with Gasteiger partial charge in [0.1, 0.15) is 11.4 Å². The molecule has 0 saturated carbocycles. The molecule has 0 aliphatic carbocycles. The predicted molar refractivity (Wildman–Crippen MR) is 92.1 cm³/mol. The summed E-state index contributed by atoms with van der Waals surface area (Å²) in [7, 11) is 0. The van der Waals surface area contributed by atoms with Crippen LogP contribution in [0, 0.1) is 11.8 Å². The van der Waals surface area contributed by atoms with Crippen molar-refractivity contribution in [2.24, 2.45) is 0 Å². The van der Waals surface area contributed by atoms with Crippen molar-refractivity contribution in [2.75, 3.05) is 0 Å². The Balaban J connectivity index is 1.85. The molecule has 3 rings (SSSR count). The Morgan fingerprint density at radius 1 is 1.32 bits per heavy atom. The third kappa shape index (κ3) is 3.66. The summed E-state index contributed by atoms with van der Waals surface area (Å²) in [6.45, 7) is 4.19. The largest absolute Gasteiger partial charge is 0.378 e. The molecule has 3 nitrogen and oxygen atoms in total. The van der Waals surface area contributed by atoms with Gasteiger partial charge >= 0.3 is 0 Å². The van der Waals surface area contributed by atoms with E-state index < -0.39 is 5.60 Å². The van der Waals surface area contributed by atoms with Crippen LogP contribution in [0.4, 0.5) is 0 Å². The van der Waals surface area contributed by atoms with Crippen LogP contribution in [-0.2, 0) is 6.54 Å². The van der Waals surface area contributed by atoms with Crippen molar-refractivity contribution in [3.63, 3.8) is 0 Å². The fourth-order valence-corrected chi connectivity index (χ4v) is 3.51. The SMILES string of the molecule is CC(C)(O)C#Cc1ccc(-c2nccn2Cc2ccsc2)s1. The van der Waals surface area contributed by atoms with Gasteiger partial charge in [0.2, 0.25) is 0 Å². The topological polar surface area (TPSA) is 38.1 Å². The Hall–Kier alpha value is -1.87. The quantitative estimate of drug-likeness (QED) is 0.742. The van der Waals surface area contributed by atoms with Crippen molar-refractivity contribution in [3.8, 4) is 22.5 Å². The number of thiophene rings is 2. The fourth-order valence-electron chi connectivity index (χ4n) is 1.98. The maximum Gasteiger partial charge on any atom is 0.150 e. The third-order valence-electron chi connectivity index (χ3n) is 2.97. The van der Waals surface area contributed by atoms with Gasteiger partial charge in [0.15, 0.2) is 0 Å². The van der Waals surface area contributed by atoms with Gasteiger partial charge in [-0.25, -0.2) is 4.98 Å². The molecule has 3 aromatic heterocycles. The molecule has 22 heavy (non-hydrogen) atoms. The van der Waals surface area contributed by atoms with Crippen LogP contribution in [0.15, 0.2) is 41.4 Å². The van der Waals surface area contributed by atoms with Crippen molar-refractivity contribution in [3.05, 3.63) is 51.8 Å². The lowest BCUT2D eigenvalue weighted by molar-refractivity contribution is 0.143. The maximum atomic E-state index is 9.67. The van der Waals surface area contributed by atoms with Crippen LogP contribution in [0.1, 0.15) is 24.3 Å². The Morgan fingerprint density at radius 2 is 2.18 bits per heavy atom. The van der Waals surface area contributed by atoms with E-state index in [1.807, 2.05) is 24.5 Å². The van der Waals surface area contributed by atoms with Gasteiger partial charge in [0.05, 0.1) is 9.75 Å². The molecule has 0 radical (unpaired) electrons. The highest BCUT2D eigenvalue weighted by atomic mass is 32.1. The molecule has 3 aromatic rings. The van der Waals surface area contributed by atoms with Gasteiger partial charge in [0.25, 0.3) is 0 Å². The molecular weight excluding hydrogens is 312 g/mol. The summed E-state index contributed by atoms with van der Waals surface area (Å²) in [6.07, 6.45) is 3.82. The lowest BCUT2D eigenvalue weighted by atomic mass is 10.1. The summed E-state index contributed by atoms with van der Waals surface area (Å²) in [5.41, 5.74) is 0.310. The van der Waals surface area contributed by atoms with E-state index in [1.165, 1.54) is 5.56 Å². The molecule has 0 aromatic carbocycles. The number of nitrogens with zero attached hydrogens (tertiary/aromatic N) is 2.